The molecule has 6 heteroatoms. The van der Waals surface area contributed by atoms with Crippen molar-refractivity contribution in [1.29, 1.82) is 0 Å². The van der Waals surface area contributed by atoms with Gasteiger partial charge in [0.25, 0.3) is 0 Å². The Morgan fingerprint density at radius 3 is 2.85 bits per heavy atom. The van der Waals surface area contributed by atoms with Crippen molar-refractivity contribution in [3.05, 3.63) is 29.3 Å². The summed E-state index contributed by atoms with van der Waals surface area (Å²) in [6, 6.07) is 6.84. The van der Waals surface area contributed by atoms with Gasteiger partial charge in [-0.15, -0.1) is 11.8 Å². The van der Waals surface area contributed by atoms with Gasteiger partial charge in [0, 0.05) is 23.6 Å². The molecular weight excluding hydrogens is 298 g/mol. The van der Waals surface area contributed by atoms with Crippen molar-refractivity contribution in [2.45, 2.75) is 30.2 Å². The number of hydrogen-bond acceptors (Lipinski definition) is 3. The second kappa shape index (κ2) is 6.99. The van der Waals surface area contributed by atoms with E-state index in [0.29, 0.717) is 30.2 Å². The van der Waals surface area contributed by atoms with Crippen molar-refractivity contribution < 1.29 is 14.7 Å². The molecule has 0 unspecified atom stereocenters. The molecule has 1 aromatic rings. The van der Waals surface area contributed by atoms with Crippen LogP contribution >= 0.6 is 23.4 Å². The fourth-order valence-corrected chi connectivity index (χ4v) is 3.45. The van der Waals surface area contributed by atoms with Crippen LogP contribution in [-0.2, 0) is 9.59 Å². The normalized spacial score (nSPS) is 18.2. The van der Waals surface area contributed by atoms with Crippen LogP contribution in [0.2, 0.25) is 5.02 Å². The number of hydrogen-bond donors (Lipinski definition) is 1. The van der Waals surface area contributed by atoms with Gasteiger partial charge in [0.2, 0.25) is 5.91 Å². The molecule has 0 aliphatic carbocycles. The first-order valence-electron chi connectivity index (χ1n) is 6.49. The zero-order chi connectivity index (χ0) is 14.5. The number of aliphatic carboxylic acids is 1. The number of rotatable bonds is 5. The minimum Gasteiger partial charge on any atom is -0.480 e. The highest BCUT2D eigenvalue weighted by atomic mass is 35.5. The van der Waals surface area contributed by atoms with Gasteiger partial charge in [0.05, 0.1) is 5.02 Å². The molecule has 4 nitrogen and oxygen atoms in total. The lowest BCUT2D eigenvalue weighted by atomic mass is 10.2. The van der Waals surface area contributed by atoms with Gasteiger partial charge < -0.3 is 10.0 Å². The quantitative estimate of drug-likeness (QED) is 0.849. The van der Waals surface area contributed by atoms with E-state index in [9.17, 15) is 9.59 Å². The molecule has 1 fully saturated rings. The Kier molecular flexibility index (Phi) is 5.31. The number of amides is 1. The third kappa shape index (κ3) is 3.67. The van der Waals surface area contributed by atoms with Crippen LogP contribution < -0.4 is 0 Å². The van der Waals surface area contributed by atoms with E-state index in [1.807, 2.05) is 24.3 Å². The monoisotopic (exact) mass is 313 g/mol. The summed E-state index contributed by atoms with van der Waals surface area (Å²) in [5.74, 6) is -0.394. The number of carbonyl (C=O) groups is 2. The average molecular weight is 314 g/mol. The molecule has 0 aromatic heterocycles. The Bertz CT molecular complexity index is 509. The number of thioether (sulfide) groups is 1. The standard InChI is InChI=1S/C14H16ClNO3S/c15-10-4-1-2-6-12(10)20-9-7-13(17)16-8-3-5-11(16)14(18)19/h1-2,4,6,11H,3,5,7-9H2,(H,18,19)/t11-/m0/s1. The van der Waals surface area contributed by atoms with E-state index in [2.05, 4.69) is 0 Å². The summed E-state index contributed by atoms with van der Waals surface area (Å²) in [6.45, 7) is 0.548. The lowest BCUT2D eigenvalue weighted by molar-refractivity contribution is -0.148. The highest BCUT2D eigenvalue weighted by Gasteiger charge is 2.33. The first-order valence-corrected chi connectivity index (χ1v) is 7.85. The Balaban J connectivity index is 1.84. The van der Waals surface area contributed by atoms with Gasteiger partial charge in [-0.05, 0) is 25.0 Å². The molecule has 1 saturated heterocycles. The van der Waals surface area contributed by atoms with Gasteiger partial charge in [0.15, 0.2) is 0 Å². The predicted octanol–water partition coefficient (Wildman–Crippen LogP) is 2.90. The molecule has 1 N–H and O–H groups in total. The molecule has 0 spiro atoms. The number of carbonyl (C=O) groups excluding carboxylic acids is 1. The lowest BCUT2D eigenvalue weighted by Crippen LogP contribution is -2.40. The van der Waals surface area contributed by atoms with Gasteiger partial charge in [-0.25, -0.2) is 4.79 Å². The van der Waals surface area contributed by atoms with Crippen molar-refractivity contribution in [3.63, 3.8) is 0 Å². The highest BCUT2D eigenvalue weighted by molar-refractivity contribution is 7.99. The van der Waals surface area contributed by atoms with E-state index in [0.717, 1.165) is 11.3 Å². The number of halogens is 1. The average Bonchev–Trinajstić information content (AvgIpc) is 2.90. The molecule has 1 aliphatic rings. The fraction of sp³-hybridized carbons (Fsp3) is 0.429. The maximum Gasteiger partial charge on any atom is 0.326 e. The lowest BCUT2D eigenvalue weighted by Gasteiger charge is -2.21. The first-order chi connectivity index (χ1) is 9.59. The minimum atomic E-state index is -0.908. The summed E-state index contributed by atoms with van der Waals surface area (Å²) in [5, 5.41) is 9.73. The van der Waals surface area contributed by atoms with E-state index < -0.39 is 12.0 Å². The number of likely N-dealkylation sites (tertiary alicyclic amines) is 1. The smallest absolute Gasteiger partial charge is 0.326 e. The van der Waals surface area contributed by atoms with Gasteiger partial charge >= 0.3 is 5.97 Å². The SMILES string of the molecule is O=C(O)[C@@H]1CCCN1C(=O)CCSc1ccccc1Cl. The third-order valence-corrected chi connectivity index (χ3v) is 4.79. The summed E-state index contributed by atoms with van der Waals surface area (Å²) in [6.07, 6.45) is 1.65. The summed E-state index contributed by atoms with van der Waals surface area (Å²) in [7, 11) is 0. The Morgan fingerprint density at radius 1 is 1.40 bits per heavy atom. The van der Waals surface area contributed by atoms with E-state index in [-0.39, 0.29) is 5.91 Å². The van der Waals surface area contributed by atoms with Crippen molar-refractivity contribution >= 4 is 35.2 Å². The maximum atomic E-state index is 12.1. The maximum absolute atomic E-state index is 12.1. The molecular formula is C14H16ClNO3S. The van der Waals surface area contributed by atoms with Gasteiger partial charge in [-0.2, -0.15) is 0 Å². The Hall–Kier alpha value is -1.20. The van der Waals surface area contributed by atoms with Crippen LogP contribution in [0.25, 0.3) is 0 Å². The van der Waals surface area contributed by atoms with Crippen LogP contribution in [0, 0.1) is 0 Å². The van der Waals surface area contributed by atoms with Crippen LogP contribution in [0.15, 0.2) is 29.2 Å². The number of carboxylic acids is 1. The second-order valence-electron chi connectivity index (χ2n) is 4.61. The molecule has 0 saturated carbocycles. The third-order valence-electron chi connectivity index (χ3n) is 3.27. The van der Waals surface area contributed by atoms with Gasteiger partial charge in [-0.3, -0.25) is 4.79 Å². The van der Waals surface area contributed by atoms with Crippen molar-refractivity contribution in [1.82, 2.24) is 4.90 Å². The molecule has 1 aliphatic heterocycles. The van der Waals surface area contributed by atoms with Crippen LogP contribution in [0.3, 0.4) is 0 Å². The summed E-state index contributed by atoms with van der Waals surface area (Å²) < 4.78 is 0. The molecule has 0 radical (unpaired) electrons. The topological polar surface area (TPSA) is 57.6 Å². The van der Waals surface area contributed by atoms with Crippen LogP contribution in [0.1, 0.15) is 19.3 Å². The fourth-order valence-electron chi connectivity index (χ4n) is 2.28. The van der Waals surface area contributed by atoms with Crippen molar-refractivity contribution in [3.8, 4) is 0 Å². The molecule has 2 rings (SSSR count). The van der Waals surface area contributed by atoms with E-state index >= 15 is 0 Å². The largest absolute Gasteiger partial charge is 0.480 e. The van der Waals surface area contributed by atoms with Crippen LogP contribution in [0.4, 0.5) is 0 Å². The highest BCUT2D eigenvalue weighted by Crippen LogP contribution is 2.27. The summed E-state index contributed by atoms with van der Waals surface area (Å²) in [4.78, 5) is 25.5. The van der Waals surface area contributed by atoms with E-state index in [1.165, 1.54) is 16.7 Å². The van der Waals surface area contributed by atoms with E-state index in [1.54, 1.807) is 0 Å². The Labute approximate surface area is 127 Å². The van der Waals surface area contributed by atoms with Crippen LogP contribution in [-0.4, -0.2) is 40.2 Å². The molecule has 1 heterocycles. The molecule has 20 heavy (non-hydrogen) atoms. The van der Waals surface area contributed by atoms with Gasteiger partial charge in [0.1, 0.15) is 6.04 Å². The molecule has 0 bridgehead atoms. The molecule has 1 amide bonds. The van der Waals surface area contributed by atoms with Crippen LogP contribution in [0.5, 0.6) is 0 Å². The molecule has 1 aromatic carbocycles. The molecule has 108 valence electrons. The summed E-state index contributed by atoms with van der Waals surface area (Å²) in [5.41, 5.74) is 0. The van der Waals surface area contributed by atoms with Crippen molar-refractivity contribution in [2.75, 3.05) is 12.3 Å². The number of nitrogens with zero attached hydrogens (tertiary/aromatic N) is 1. The second-order valence-corrected chi connectivity index (χ2v) is 6.16. The molecule has 1 atom stereocenters. The number of carboxylic acid groups (broad SMARTS) is 1. The van der Waals surface area contributed by atoms with Crippen molar-refractivity contribution in [2.24, 2.45) is 0 Å². The van der Waals surface area contributed by atoms with Gasteiger partial charge in [-0.1, -0.05) is 23.7 Å². The Morgan fingerprint density at radius 2 is 2.15 bits per heavy atom. The van der Waals surface area contributed by atoms with E-state index in [4.69, 9.17) is 16.7 Å². The summed E-state index contributed by atoms with van der Waals surface area (Å²) >= 11 is 7.55. The minimum absolute atomic E-state index is 0.0885. The predicted molar refractivity (Wildman–Crippen MR) is 79.2 cm³/mol. The zero-order valence-electron chi connectivity index (χ0n) is 10.9. The zero-order valence-corrected chi connectivity index (χ0v) is 12.5. The number of benzene rings is 1. The first kappa shape index (κ1) is 15.2.